The van der Waals surface area contributed by atoms with Crippen molar-refractivity contribution in [2.45, 2.75) is 57.9 Å². The van der Waals surface area contributed by atoms with Crippen molar-refractivity contribution in [1.29, 1.82) is 0 Å². The summed E-state index contributed by atoms with van der Waals surface area (Å²) in [5, 5.41) is 0. The maximum atomic E-state index is 6.29. The molecule has 0 nitrogen and oxygen atoms in total. The van der Waals surface area contributed by atoms with E-state index in [4.69, 9.17) is 33.2 Å². The molecule has 0 aliphatic heterocycles. The predicted molar refractivity (Wildman–Crippen MR) is 73.1 cm³/mol. The number of hydrogen-bond acceptors (Lipinski definition) is 0. The lowest BCUT2D eigenvalue weighted by Gasteiger charge is -2.40. The molecule has 15 heavy (non-hydrogen) atoms. The lowest BCUT2D eigenvalue weighted by molar-refractivity contribution is 0.247. The average molecular weight is 288 g/mol. The number of halogens is 3. The number of hydrogen-bond donors (Lipinski definition) is 0. The Kier molecular flexibility index (Phi) is 5.79. The van der Waals surface area contributed by atoms with E-state index in [0.717, 1.165) is 0 Å². The molecule has 1 rings (SSSR count). The van der Waals surface area contributed by atoms with Crippen molar-refractivity contribution in [2.75, 3.05) is 0 Å². The standard InChI is InChI=1S/C11H21Cl3Si/c1-3-6-10-8-5-7-9(4-2)11(10)15(12,13)14/h9-11H,3-8H2,1-2H3. The first kappa shape index (κ1) is 14.1. The molecule has 1 aliphatic carbocycles. The highest BCUT2D eigenvalue weighted by atomic mass is 35.8. The number of rotatable bonds is 4. The van der Waals surface area contributed by atoms with Gasteiger partial charge in [0.25, 0.3) is 0 Å². The molecule has 1 fully saturated rings. The van der Waals surface area contributed by atoms with E-state index in [1.807, 2.05) is 0 Å². The Labute approximate surface area is 109 Å². The van der Waals surface area contributed by atoms with E-state index in [0.29, 0.717) is 17.4 Å². The molecule has 1 saturated carbocycles. The maximum Gasteiger partial charge on any atom is 0.344 e. The summed E-state index contributed by atoms with van der Waals surface area (Å²) in [5.74, 6) is 1.34. The van der Waals surface area contributed by atoms with Gasteiger partial charge in [0.1, 0.15) is 0 Å². The van der Waals surface area contributed by atoms with Gasteiger partial charge in [0.05, 0.1) is 0 Å². The van der Waals surface area contributed by atoms with Gasteiger partial charge in [-0.25, -0.2) is 0 Å². The van der Waals surface area contributed by atoms with Crippen molar-refractivity contribution >= 4 is 39.2 Å². The third kappa shape index (κ3) is 3.80. The summed E-state index contributed by atoms with van der Waals surface area (Å²) >= 11 is 18.9. The second-order valence-electron chi connectivity index (χ2n) is 4.72. The summed E-state index contributed by atoms with van der Waals surface area (Å²) in [7, 11) is 0. The lowest BCUT2D eigenvalue weighted by atomic mass is 9.77. The van der Waals surface area contributed by atoms with Crippen LogP contribution in [0.5, 0.6) is 0 Å². The van der Waals surface area contributed by atoms with E-state index in [-0.39, 0.29) is 0 Å². The van der Waals surface area contributed by atoms with E-state index in [2.05, 4.69) is 13.8 Å². The molecular formula is C11H21Cl3Si. The van der Waals surface area contributed by atoms with Gasteiger partial charge in [-0.3, -0.25) is 0 Å². The quantitative estimate of drug-likeness (QED) is 0.464. The zero-order valence-electron chi connectivity index (χ0n) is 9.61. The first-order valence-electron chi connectivity index (χ1n) is 6.07. The van der Waals surface area contributed by atoms with Crippen LogP contribution in [-0.4, -0.2) is 6.00 Å². The van der Waals surface area contributed by atoms with Crippen LogP contribution in [0.2, 0.25) is 5.54 Å². The second kappa shape index (κ2) is 6.14. The summed E-state index contributed by atoms with van der Waals surface area (Å²) in [4.78, 5) is 0. The van der Waals surface area contributed by atoms with Crippen molar-refractivity contribution in [1.82, 2.24) is 0 Å². The second-order valence-corrected chi connectivity index (χ2v) is 13.6. The Morgan fingerprint density at radius 1 is 1.07 bits per heavy atom. The van der Waals surface area contributed by atoms with Gasteiger partial charge in [0, 0.05) is 5.54 Å². The van der Waals surface area contributed by atoms with Crippen molar-refractivity contribution in [2.24, 2.45) is 11.8 Å². The highest BCUT2D eigenvalue weighted by molar-refractivity contribution is 7.65. The zero-order valence-corrected chi connectivity index (χ0v) is 12.9. The highest BCUT2D eigenvalue weighted by Gasteiger charge is 2.46. The Morgan fingerprint density at radius 2 is 1.67 bits per heavy atom. The monoisotopic (exact) mass is 286 g/mol. The maximum absolute atomic E-state index is 6.29. The fraction of sp³-hybridized carbons (Fsp3) is 1.00. The first-order valence-corrected chi connectivity index (χ1v) is 11.2. The van der Waals surface area contributed by atoms with Crippen LogP contribution in [0.1, 0.15) is 52.4 Å². The molecule has 0 saturated heterocycles. The molecule has 1 aliphatic rings. The Balaban J connectivity index is 2.76. The summed E-state index contributed by atoms with van der Waals surface area (Å²) < 4.78 is 0. The van der Waals surface area contributed by atoms with E-state index in [1.165, 1.54) is 38.5 Å². The predicted octanol–water partition coefficient (Wildman–Crippen LogP) is 5.64. The summed E-state index contributed by atoms with van der Waals surface area (Å²) in [5.41, 5.74) is 0.404. The van der Waals surface area contributed by atoms with E-state index in [9.17, 15) is 0 Å². The SMILES string of the molecule is CCCC1CCCC(CC)C1[Si](Cl)(Cl)Cl. The van der Waals surface area contributed by atoms with Crippen molar-refractivity contribution in [3.63, 3.8) is 0 Å². The molecule has 90 valence electrons. The van der Waals surface area contributed by atoms with Crippen LogP contribution in [0.3, 0.4) is 0 Å². The average Bonchev–Trinajstić information content (AvgIpc) is 2.16. The van der Waals surface area contributed by atoms with Crippen molar-refractivity contribution < 1.29 is 0 Å². The van der Waals surface area contributed by atoms with E-state index < -0.39 is 6.00 Å². The van der Waals surface area contributed by atoms with Crippen LogP contribution in [0.4, 0.5) is 0 Å². The molecule has 0 aromatic rings. The molecule has 0 bridgehead atoms. The zero-order chi connectivity index (χ0) is 11.5. The molecular weight excluding hydrogens is 267 g/mol. The van der Waals surface area contributed by atoms with Gasteiger partial charge in [0.2, 0.25) is 0 Å². The van der Waals surface area contributed by atoms with Crippen LogP contribution in [0.15, 0.2) is 0 Å². The molecule has 3 unspecified atom stereocenters. The molecule has 0 radical (unpaired) electrons. The summed E-state index contributed by atoms with van der Waals surface area (Å²) in [6, 6.07) is -2.52. The molecule has 4 heteroatoms. The minimum absolute atomic E-state index is 0.404. The Hall–Kier alpha value is 1.09. The Bertz CT molecular complexity index is 189. The van der Waals surface area contributed by atoms with Crippen LogP contribution in [0, 0.1) is 11.8 Å². The van der Waals surface area contributed by atoms with Crippen LogP contribution < -0.4 is 0 Å². The van der Waals surface area contributed by atoms with Crippen LogP contribution in [0.25, 0.3) is 0 Å². The normalized spacial score (nSPS) is 33.0. The molecule has 0 heterocycles. The summed E-state index contributed by atoms with van der Waals surface area (Å²) in [6.07, 6.45) is 7.49. The largest absolute Gasteiger partial charge is 0.344 e. The highest BCUT2D eigenvalue weighted by Crippen LogP contribution is 2.52. The molecule has 0 aromatic heterocycles. The van der Waals surface area contributed by atoms with E-state index in [1.54, 1.807) is 0 Å². The smallest absolute Gasteiger partial charge is 0.126 e. The molecule has 0 aromatic carbocycles. The van der Waals surface area contributed by atoms with Gasteiger partial charge in [-0.15, -0.1) is 33.2 Å². The molecule has 0 N–H and O–H groups in total. The minimum atomic E-state index is -2.52. The lowest BCUT2D eigenvalue weighted by Crippen LogP contribution is -2.35. The fourth-order valence-electron chi connectivity index (χ4n) is 3.07. The molecule has 3 atom stereocenters. The van der Waals surface area contributed by atoms with Gasteiger partial charge in [0.15, 0.2) is 0 Å². The topological polar surface area (TPSA) is 0 Å². The van der Waals surface area contributed by atoms with Gasteiger partial charge < -0.3 is 0 Å². The molecule has 0 spiro atoms. The minimum Gasteiger partial charge on any atom is -0.126 e. The van der Waals surface area contributed by atoms with Gasteiger partial charge in [-0.2, -0.15) is 0 Å². The summed E-state index contributed by atoms with van der Waals surface area (Å²) in [6.45, 7) is 4.46. The van der Waals surface area contributed by atoms with Crippen LogP contribution in [-0.2, 0) is 0 Å². The first-order chi connectivity index (χ1) is 7.00. The van der Waals surface area contributed by atoms with Gasteiger partial charge >= 0.3 is 6.00 Å². The van der Waals surface area contributed by atoms with Crippen molar-refractivity contribution in [3.8, 4) is 0 Å². The van der Waals surface area contributed by atoms with Gasteiger partial charge in [-0.1, -0.05) is 52.4 Å². The third-order valence-electron chi connectivity index (χ3n) is 3.73. The van der Waals surface area contributed by atoms with E-state index >= 15 is 0 Å². The Morgan fingerprint density at radius 3 is 2.13 bits per heavy atom. The van der Waals surface area contributed by atoms with Gasteiger partial charge in [-0.05, 0) is 11.8 Å². The fourth-order valence-corrected chi connectivity index (χ4v) is 8.09. The molecule has 0 amide bonds. The van der Waals surface area contributed by atoms with Crippen LogP contribution >= 0.6 is 33.2 Å². The van der Waals surface area contributed by atoms with Crippen molar-refractivity contribution in [3.05, 3.63) is 0 Å². The third-order valence-corrected chi connectivity index (χ3v) is 7.69.